The molecule has 0 aliphatic carbocycles. The number of nitrogens with two attached hydrogens (primary N) is 1. The first-order valence-corrected chi connectivity index (χ1v) is 8.53. The minimum Gasteiger partial charge on any atom is -0.383 e. The molecule has 136 valence electrons. The average molecular weight is 382 g/mol. The number of amides is 1. The van der Waals surface area contributed by atoms with Crippen LogP contribution in [0.1, 0.15) is 16.1 Å². The van der Waals surface area contributed by atoms with E-state index in [1.165, 1.54) is 17.7 Å². The van der Waals surface area contributed by atoms with Gasteiger partial charge in [-0.2, -0.15) is 18.3 Å². The number of thiophene rings is 1. The van der Waals surface area contributed by atoms with E-state index in [9.17, 15) is 18.0 Å². The third-order valence-corrected chi connectivity index (χ3v) is 5.37. The van der Waals surface area contributed by atoms with Crippen LogP contribution in [0.4, 0.5) is 19.0 Å². The van der Waals surface area contributed by atoms with E-state index < -0.39 is 11.9 Å². The van der Waals surface area contributed by atoms with Crippen molar-refractivity contribution in [2.45, 2.75) is 25.7 Å². The van der Waals surface area contributed by atoms with Crippen molar-refractivity contribution < 1.29 is 18.0 Å². The van der Waals surface area contributed by atoms with Crippen molar-refractivity contribution in [3.05, 3.63) is 34.7 Å². The van der Waals surface area contributed by atoms with E-state index in [0.717, 1.165) is 37.6 Å². The van der Waals surface area contributed by atoms with E-state index in [-0.39, 0.29) is 12.5 Å². The lowest BCUT2D eigenvalue weighted by atomic mass is 10.1. The predicted octanol–water partition coefficient (Wildman–Crippen LogP) is 2.07. The van der Waals surface area contributed by atoms with Crippen LogP contribution < -0.4 is 5.73 Å². The number of aromatic nitrogens is 4. The van der Waals surface area contributed by atoms with E-state index in [0.29, 0.717) is 25.3 Å². The summed E-state index contributed by atoms with van der Waals surface area (Å²) in [5.41, 5.74) is 5.97. The standard InChI is InChI=1S/C15H13F3N6OS/c16-15(17,18)10-2-4-24(22-10)6-11(25)23-3-1-8-9(5-23)26-14-12(8)13(19)20-7-21-14/h2,4,7H,1,3,5-6H2,(H2,19,20,21). The first-order chi connectivity index (χ1) is 12.3. The number of fused-ring (bicyclic) bond motifs is 3. The molecule has 0 radical (unpaired) electrons. The zero-order chi connectivity index (χ0) is 18.5. The minimum absolute atomic E-state index is 0.238. The third-order valence-electron chi connectivity index (χ3n) is 4.25. The van der Waals surface area contributed by atoms with Crippen LogP contribution >= 0.6 is 11.3 Å². The van der Waals surface area contributed by atoms with Gasteiger partial charge in [0, 0.05) is 17.6 Å². The molecule has 0 atom stereocenters. The molecular weight excluding hydrogens is 369 g/mol. The lowest BCUT2D eigenvalue weighted by Crippen LogP contribution is -2.37. The Balaban J connectivity index is 1.52. The van der Waals surface area contributed by atoms with Gasteiger partial charge in [-0.3, -0.25) is 9.48 Å². The van der Waals surface area contributed by atoms with E-state index in [4.69, 9.17) is 5.73 Å². The van der Waals surface area contributed by atoms with Crippen molar-refractivity contribution >= 4 is 33.3 Å². The van der Waals surface area contributed by atoms with Crippen LogP contribution in [0.15, 0.2) is 18.6 Å². The van der Waals surface area contributed by atoms with Gasteiger partial charge in [0.1, 0.15) is 23.5 Å². The van der Waals surface area contributed by atoms with Gasteiger partial charge in [-0.05, 0) is 18.1 Å². The number of nitrogen functional groups attached to an aromatic ring is 1. The fourth-order valence-electron chi connectivity index (χ4n) is 3.00. The lowest BCUT2D eigenvalue weighted by Gasteiger charge is -2.27. The summed E-state index contributed by atoms with van der Waals surface area (Å²) in [5, 5.41) is 4.25. The van der Waals surface area contributed by atoms with Crippen molar-refractivity contribution in [3.8, 4) is 0 Å². The Morgan fingerprint density at radius 3 is 2.88 bits per heavy atom. The second kappa shape index (κ2) is 5.94. The Morgan fingerprint density at radius 1 is 1.35 bits per heavy atom. The van der Waals surface area contributed by atoms with Gasteiger partial charge in [0.25, 0.3) is 0 Å². The molecule has 7 nitrogen and oxygen atoms in total. The second-order valence-corrected chi connectivity index (χ2v) is 6.99. The van der Waals surface area contributed by atoms with E-state index in [1.54, 1.807) is 4.90 Å². The Morgan fingerprint density at radius 2 is 2.15 bits per heavy atom. The van der Waals surface area contributed by atoms with Gasteiger partial charge in [-0.15, -0.1) is 11.3 Å². The van der Waals surface area contributed by atoms with E-state index in [1.807, 2.05) is 0 Å². The molecular formula is C15H13F3N6OS. The van der Waals surface area contributed by atoms with Crippen LogP contribution in [-0.4, -0.2) is 37.1 Å². The maximum absolute atomic E-state index is 12.6. The number of nitrogens with zero attached hydrogens (tertiary/aromatic N) is 5. The number of carbonyl (C=O) groups excluding carboxylic acids is 1. The SMILES string of the molecule is Nc1ncnc2sc3c(c12)CCN(C(=O)Cn1ccc(C(F)(F)F)n1)C3. The number of carbonyl (C=O) groups is 1. The highest BCUT2D eigenvalue weighted by molar-refractivity contribution is 7.19. The highest BCUT2D eigenvalue weighted by Crippen LogP contribution is 2.36. The maximum Gasteiger partial charge on any atom is 0.435 e. The molecule has 26 heavy (non-hydrogen) atoms. The highest BCUT2D eigenvalue weighted by Gasteiger charge is 2.34. The molecule has 4 rings (SSSR count). The fraction of sp³-hybridized carbons (Fsp3) is 0.333. The zero-order valence-electron chi connectivity index (χ0n) is 13.3. The van der Waals surface area contributed by atoms with Crippen molar-refractivity contribution in [2.75, 3.05) is 12.3 Å². The van der Waals surface area contributed by atoms with Crippen LogP contribution in [0.2, 0.25) is 0 Å². The van der Waals surface area contributed by atoms with Crippen LogP contribution in [0.3, 0.4) is 0 Å². The minimum atomic E-state index is -4.52. The number of alkyl halides is 3. The third kappa shape index (κ3) is 2.87. The quantitative estimate of drug-likeness (QED) is 0.733. The number of hydrogen-bond acceptors (Lipinski definition) is 6. The molecule has 4 heterocycles. The summed E-state index contributed by atoms with van der Waals surface area (Å²) in [6.45, 7) is 0.597. The van der Waals surface area contributed by atoms with Crippen LogP contribution in [0.5, 0.6) is 0 Å². The fourth-order valence-corrected chi connectivity index (χ4v) is 4.22. The zero-order valence-corrected chi connectivity index (χ0v) is 14.1. The number of anilines is 1. The van der Waals surface area contributed by atoms with Crippen LogP contribution in [0, 0.1) is 0 Å². The molecule has 1 amide bonds. The molecule has 3 aromatic heterocycles. The molecule has 0 spiro atoms. The molecule has 0 bridgehead atoms. The Labute approximate surface area is 149 Å². The van der Waals surface area contributed by atoms with Gasteiger partial charge in [0.15, 0.2) is 5.69 Å². The van der Waals surface area contributed by atoms with Gasteiger partial charge in [0.05, 0.1) is 11.9 Å². The topological polar surface area (TPSA) is 89.9 Å². The smallest absolute Gasteiger partial charge is 0.383 e. The van der Waals surface area contributed by atoms with Gasteiger partial charge in [0.2, 0.25) is 5.91 Å². The molecule has 0 aromatic carbocycles. The highest BCUT2D eigenvalue weighted by atomic mass is 32.1. The van der Waals surface area contributed by atoms with Gasteiger partial charge < -0.3 is 10.6 Å². The number of halogens is 3. The number of hydrogen-bond donors (Lipinski definition) is 1. The molecule has 0 saturated carbocycles. The molecule has 3 aromatic rings. The van der Waals surface area contributed by atoms with Crippen LogP contribution in [-0.2, 0) is 30.5 Å². The summed E-state index contributed by atoms with van der Waals surface area (Å²) < 4.78 is 38.8. The van der Waals surface area contributed by atoms with E-state index in [2.05, 4.69) is 15.1 Å². The van der Waals surface area contributed by atoms with Gasteiger partial charge in [-0.25, -0.2) is 9.97 Å². The van der Waals surface area contributed by atoms with Crippen molar-refractivity contribution in [3.63, 3.8) is 0 Å². The van der Waals surface area contributed by atoms with Gasteiger partial charge in [-0.1, -0.05) is 0 Å². The molecule has 1 aliphatic rings. The Hall–Kier alpha value is -2.69. The normalized spacial score (nSPS) is 14.7. The molecule has 0 fully saturated rings. The summed E-state index contributed by atoms with van der Waals surface area (Å²) >= 11 is 1.45. The largest absolute Gasteiger partial charge is 0.435 e. The summed E-state index contributed by atoms with van der Waals surface area (Å²) in [6.07, 6.45) is -1.36. The average Bonchev–Trinajstić information content (AvgIpc) is 3.18. The van der Waals surface area contributed by atoms with E-state index >= 15 is 0 Å². The molecule has 1 aliphatic heterocycles. The van der Waals surface area contributed by atoms with Gasteiger partial charge >= 0.3 is 6.18 Å². The van der Waals surface area contributed by atoms with Crippen molar-refractivity contribution in [2.24, 2.45) is 0 Å². The molecule has 2 N–H and O–H groups in total. The first-order valence-electron chi connectivity index (χ1n) is 7.72. The Kier molecular flexibility index (Phi) is 3.83. The molecule has 0 unspecified atom stereocenters. The summed E-state index contributed by atoms with van der Waals surface area (Å²) in [5.74, 6) is 0.132. The Bertz CT molecular complexity index is 995. The van der Waals surface area contributed by atoms with Crippen molar-refractivity contribution in [1.29, 1.82) is 0 Å². The molecule has 11 heteroatoms. The summed E-state index contributed by atoms with van der Waals surface area (Å²) in [4.78, 5) is 24.0. The summed E-state index contributed by atoms with van der Waals surface area (Å²) in [6, 6.07) is 0.856. The predicted molar refractivity (Wildman–Crippen MR) is 88.2 cm³/mol. The van der Waals surface area contributed by atoms with Crippen LogP contribution in [0.25, 0.3) is 10.2 Å². The second-order valence-electron chi connectivity index (χ2n) is 5.90. The van der Waals surface area contributed by atoms with Crippen molar-refractivity contribution in [1.82, 2.24) is 24.6 Å². The maximum atomic E-state index is 12.6. The molecule has 0 saturated heterocycles. The summed E-state index contributed by atoms with van der Waals surface area (Å²) in [7, 11) is 0. The monoisotopic (exact) mass is 382 g/mol. The lowest BCUT2D eigenvalue weighted by molar-refractivity contribution is -0.142. The number of rotatable bonds is 2. The first kappa shape index (κ1) is 16.8.